The van der Waals surface area contributed by atoms with Crippen molar-refractivity contribution in [2.75, 3.05) is 6.61 Å². The summed E-state index contributed by atoms with van der Waals surface area (Å²) in [6.07, 6.45) is 9.68. The lowest BCUT2D eigenvalue weighted by Crippen LogP contribution is -2.19. The van der Waals surface area contributed by atoms with E-state index in [9.17, 15) is 0 Å². The van der Waals surface area contributed by atoms with Crippen LogP contribution in [0.5, 0.6) is 0 Å². The van der Waals surface area contributed by atoms with Crippen molar-refractivity contribution in [2.45, 2.75) is 51.8 Å². The smallest absolute Gasteiger partial charge is 0.0717 e. The van der Waals surface area contributed by atoms with Gasteiger partial charge in [0.15, 0.2) is 0 Å². The van der Waals surface area contributed by atoms with Crippen molar-refractivity contribution >= 4 is 0 Å². The van der Waals surface area contributed by atoms with Crippen LogP contribution in [0.4, 0.5) is 0 Å². The molecular formula is C19H27NO. The van der Waals surface area contributed by atoms with Gasteiger partial charge in [0.25, 0.3) is 0 Å². The van der Waals surface area contributed by atoms with Crippen LogP contribution in [0.25, 0.3) is 0 Å². The molecule has 0 saturated heterocycles. The highest BCUT2D eigenvalue weighted by Gasteiger charge is 2.20. The van der Waals surface area contributed by atoms with Crippen LogP contribution in [0, 0.1) is 11.8 Å². The summed E-state index contributed by atoms with van der Waals surface area (Å²) in [6.45, 7) is 4.96. The van der Waals surface area contributed by atoms with Gasteiger partial charge in [-0.05, 0) is 48.6 Å². The molecular weight excluding hydrogens is 258 g/mol. The summed E-state index contributed by atoms with van der Waals surface area (Å²) in [5.41, 5.74) is 2.65. The Morgan fingerprint density at radius 3 is 2.48 bits per heavy atom. The first-order valence-electron chi connectivity index (χ1n) is 8.35. The zero-order valence-corrected chi connectivity index (χ0v) is 13.1. The molecule has 114 valence electrons. The van der Waals surface area contributed by atoms with Crippen LogP contribution in [-0.2, 0) is 17.9 Å². The third-order valence-corrected chi connectivity index (χ3v) is 4.71. The maximum atomic E-state index is 5.93. The summed E-state index contributed by atoms with van der Waals surface area (Å²) in [4.78, 5) is 0. The standard InChI is InChI=1S/C19H27NO/c1-15-4-2-3-5-18(15)14-21-13-17-8-6-16(7-9-17)12-20-19-10-11-19/h2-3,6-9,15,18-20H,4-5,10-14H2,1H3. The topological polar surface area (TPSA) is 21.3 Å². The second-order valence-corrected chi connectivity index (χ2v) is 6.67. The van der Waals surface area contributed by atoms with Crippen molar-refractivity contribution in [1.82, 2.24) is 5.32 Å². The number of hydrogen-bond donors (Lipinski definition) is 1. The highest BCUT2D eigenvalue weighted by Crippen LogP contribution is 2.25. The van der Waals surface area contributed by atoms with Crippen molar-refractivity contribution in [2.24, 2.45) is 11.8 Å². The first-order valence-corrected chi connectivity index (χ1v) is 8.35. The predicted octanol–water partition coefficient (Wildman–Crippen LogP) is 4.06. The fourth-order valence-corrected chi connectivity index (χ4v) is 2.87. The molecule has 21 heavy (non-hydrogen) atoms. The molecule has 0 aliphatic heterocycles. The van der Waals surface area contributed by atoms with Crippen LogP contribution in [0.15, 0.2) is 36.4 Å². The average molecular weight is 285 g/mol. The summed E-state index contributed by atoms with van der Waals surface area (Å²) in [7, 11) is 0. The number of rotatable bonds is 7. The van der Waals surface area contributed by atoms with E-state index in [0.717, 1.165) is 31.7 Å². The van der Waals surface area contributed by atoms with Crippen LogP contribution in [-0.4, -0.2) is 12.6 Å². The van der Waals surface area contributed by atoms with Gasteiger partial charge in [-0.1, -0.05) is 43.3 Å². The fourth-order valence-electron chi connectivity index (χ4n) is 2.87. The van der Waals surface area contributed by atoms with Gasteiger partial charge in [0.1, 0.15) is 0 Å². The first kappa shape index (κ1) is 14.8. The van der Waals surface area contributed by atoms with E-state index in [1.807, 2.05) is 0 Å². The van der Waals surface area contributed by atoms with Crippen LogP contribution >= 0.6 is 0 Å². The lowest BCUT2D eigenvalue weighted by atomic mass is 9.85. The molecule has 1 aromatic carbocycles. The Balaban J connectivity index is 1.39. The lowest BCUT2D eigenvalue weighted by Gasteiger charge is -2.24. The Labute approximate surface area is 128 Å². The summed E-state index contributed by atoms with van der Waals surface area (Å²) in [5.74, 6) is 1.45. The molecule has 2 aliphatic carbocycles. The van der Waals surface area contributed by atoms with Gasteiger partial charge < -0.3 is 10.1 Å². The molecule has 0 amide bonds. The van der Waals surface area contributed by atoms with Gasteiger partial charge in [-0.3, -0.25) is 0 Å². The average Bonchev–Trinajstić information content (AvgIpc) is 3.33. The fraction of sp³-hybridized carbons (Fsp3) is 0.579. The zero-order chi connectivity index (χ0) is 14.5. The lowest BCUT2D eigenvalue weighted by molar-refractivity contribution is 0.0680. The molecule has 2 aliphatic rings. The minimum Gasteiger partial charge on any atom is -0.376 e. The van der Waals surface area contributed by atoms with Crippen molar-refractivity contribution in [3.63, 3.8) is 0 Å². The minimum atomic E-state index is 0.692. The van der Waals surface area contributed by atoms with Crippen LogP contribution in [0.1, 0.15) is 43.7 Å². The molecule has 2 atom stereocenters. The SMILES string of the molecule is CC1CC=CCC1COCc1ccc(CNC2CC2)cc1. The summed E-state index contributed by atoms with van der Waals surface area (Å²) in [6, 6.07) is 9.63. The number of hydrogen-bond acceptors (Lipinski definition) is 2. The zero-order valence-electron chi connectivity index (χ0n) is 13.1. The second-order valence-electron chi connectivity index (χ2n) is 6.67. The van der Waals surface area contributed by atoms with E-state index in [0.29, 0.717) is 5.92 Å². The van der Waals surface area contributed by atoms with Crippen molar-refractivity contribution in [3.05, 3.63) is 47.5 Å². The molecule has 1 saturated carbocycles. The Kier molecular flexibility index (Phi) is 5.10. The monoisotopic (exact) mass is 285 g/mol. The van der Waals surface area contributed by atoms with Crippen molar-refractivity contribution in [1.29, 1.82) is 0 Å². The molecule has 1 N–H and O–H groups in total. The largest absolute Gasteiger partial charge is 0.376 e. The number of nitrogens with one attached hydrogen (secondary N) is 1. The minimum absolute atomic E-state index is 0.692. The predicted molar refractivity (Wildman–Crippen MR) is 87.0 cm³/mol. The van der Waals surface area contributed by atoms with Crippen molar-refractivity contribution in [3.8, 4) is 0 Å². The Bertz CT molecular complexity index is 461. The molecule has 3 rings (SSSR count). The Hall–Kier alpha value is -1.12. The van der Waals surface area contributed by atoms with Gasteiger partial charge in [0.05, 0.1) is 13.2 Å². The first-order chi connectivity index (χ1) is 10.3. The van der Waals surface area contributed by atoms with E-state index >= 15 is 0 Å². The number of ether oxygens (including phenoxy) is 1. The maximum absolute atomic E-state index is 5.93. The molecule has 2 unspecified atom stereocenters. The number of allylic oxidation sites excluding steroid dienone is 2. The van der Waals surface area contributed by atoms with Crippen LogP contribution in [0.3, 0.4) is 0 Å². The van der Waals surface area contributed by atoms with Crippen LogP contribution in [0.2, 0.25) is 0 Å². The van der Waals surface area contributed by atoms with E-state index in [2.05, 4.69) is 48.7 Å². The molecule has 0 heterocycles. The quantitative estimate of drug-likeness (QED) is 0.763. The highest BCUT2D eigenvalue weighted by atomic mass is 16.5. The molecule has 0 spiro atoms. The molecule has 2 heteroatoms. The second kappa shape index (κ2) is 7.24. The van der Waals surface area contributed by atoms with E-state index in [1.54, 1.807) is 0 Å². The summed E-state index contributed by atoms with van der Waals surface area (Å²) in [5, 5.41) is 3.55. The normalized spacial score (nSPS) is 25.2. The molecule has 1 fully saturated rings. The highest BCUT2D eigenvalue weighted by molar-refractivity contribution is 5.22. The van der Waals surface area contributed by atoms with Gasteiger partial charge >= 0.3 is 0 Å². The maximum Gasteiger partial charge on any atom is 0.0717 e. The summed E-state index contributed by atoms with van der Waals surface area (Å²) >= 11 is 0. The molecule has 0 aromatic heterocycles. The van der Waals surface area contributed by atoms with Gasteiger partial charge in [-0.25, -0.2) is 0 Å². The molecule has 2 nitrogen and oxygen atoms in total. The van der Waals surface area contributed by atoms with Crippen molar-refractivity contribution < 1.29 is 4.74 Å². The Morgan fingerprint density at radius 2 is 1.76 bits per heavy atom. The van der Waals surface area contributed by atoms with Gasteiger partial charge in [-0.2, -0.15) is 0 Å². The third kappa shape index (κ3) is 4.69. The van der Waals surface area contributed by atoms with Gasteiger partial charge in [0, 0.05) is 12.6 Å². The molecule has 0 bridgehead atoms. The molecule has 0 radical (unpaired) electrons. The van der Waals surface area contributed by atoms with E-state index < -0.39 is 0 Å². The number of benzene rings is 1. The molecule has 1 aromatic rings. The van der Waals surface area contributed by atoms with Crippen LogP contribution < -0.4 is 5.32 Å². The van der Waals surface area contributed by atoms with Gasteiger partial charge in [0.2, 0.25) is 0 Å². The third-order valence-electron chi connectivity index (χ3n) is 4.71. The summed E-state index contributed by atoms with van der Waals surface area (Å²) < 4.78 is 5.93. The Morgan fingerprint density at radius 1 is 1.05 bits per heavy atom. The van der Waals surface area contributed by atoms with Gasteiger partial charge in [-0.15, -0.1) is 0 Å². The van der Waals surface area contributed by atoms with E-state index in [4.69, 9.17) is 4.74 Å². The van der Waals surface area contributed by atoms with E-state index in [-0.39, 0.29) is 0 Å². The van der Waals surface area contributed by atoms with E-state index in [1.165, 1.54) is 36.8 Å².